The van der Waals surface area contributed by atoms with Gasteiger partial charge in [-0.2, -0.15) is 0 Å². The van der Waals surface area contributed by atoms with Gasteiger partial charge in [0.05, 0.1) is 0 Å². The first-order valence-corrected chi connectivity index (χ1v) is 5.33. The number of esters is 1. The predicted octanol–water partition coefficient (Wildman–Crippen LogP) is 2.24. The third-order valence-electron chi connectivity index (χ3n) is 2.15. The number of hydrogen-bond acceptors (Lipinski definition) is 3. The molecule has 0 saturated heterocycles. The van der Waals surface area contributed by atoms with Crippen LogP contribution in [0, 0.1) is 17.6 Å². The number of carbonyl (C=O) groups excluding carboxylic acids is 1. The highest BCUT2D eigenvalue weighted by molar-refractivity contribution is 5.78. The van der Waals surface area contributed by atoms with Gasteiger partial charge >= 0.3 is 5.97 Å². The molecule has 1 aromatic rings. The Balaban J connectivity index is 2.74. The van der Waals surface area contributed by atoms with E-state index in [1.165, 1.54) is 6.07 Å². The Morgan fingerprint density at radius 3 is 2.35 bits per heavy atom. The third kappa shape index (κ3) is 3.78. The van der Waals surface area contributed by atoms with Gasteiger partial charge in [0.25, 0.3) is 0 Å². The molecule has 0 aliphatic rings. The number of nitrogens with two attached hydrogens (primary N) is 1. The van der Waals surface area contributed by atoms with Crippen molar-refractivity contribution in [2.24, 2.45) is 11.7 Å². The maximum absolute atomic E-state index is 13.2. The maximum atomic E-state index is 13.2. The van der Waals surface area contributed by atoms with E-state index in [9.17, 15) is 13.6 Å². The SMILES string of the molecule is CC(C)C[C@H](N)C(=O)Oc1c(F)cccc1F. The van der Waals surface area contributed by atoms with Crippen molar-refractivity contribution in [3.63, 3.8) is 0 Å². The average Bonchev–Trinajstić information content (AvgIpc) is 2.22. The van der Waals surface area contributed by atoms with Gasteiger partial charge in [0.1, 0.15) is 6.04 Å². The Morgan fingerprint density at radius 2 is 1.88 bits per heavy atom. The first-order valence-electron chi connectivity index (χ1n) is 5.33. The van der Waals surface area contributed by atoms with Crippen molar-refractivity contribution in [2.75, 3.05) is 0 Å². The Labute approximate surface area is 98.6 Å². The molecule has 1 atom stereocenters. The monoisotopic (exact) mass is 243 g/mol. The van der Waals surface area contributed by atoms with Crippen LogP contribution < -0.4 is 10.5 Å². The number of para-hydroxylation sites is 1. The zero-order chi connectivity index (χ0) is 13.0. The van der Waals surface area contributed by atoms with Crippen LogP contribution >= 0.6 is 0 Å². The number of benzene rings is 1. The molecule has 1 aromatic carbocycles. The van der Waals surface area contributed by atoms with Gasteiger partial charge in [-0.1, -0.05) is 19.9 Å². The highest BCUT2D eigenvalue weighted by atomic mass is 19.1. The zero-order valence-electron chi connectivity index (χ0n) is 9.74. The minimum Gasteiger partial charge on any atom is -0.419 e. The van der Waals surface area contributed by atoms with Crippen LogP contribution in [0.15, 0.2) is 18.2 Å². The molecule has 0 unspecified atom stereocenters. The highest BCUT2D eigenvalue weighted by Gasteiger charge is 2.20. The lowest BCUT2D eigenvalue weighted by molar-refractivity contribution is -0.136. The summed E-state index contributed by atoms with van der Waals surface area (Å²) in [4.78, 5) is 11.5. The zero-order valence-corrected chi connectivity index (χ0v) is 9.74. The lowest BCUT2D eigenvalue weighted by Gasteiger charge is -2.13. The average molecular weight is 243 g/mol. The smallest absolute Gasteiger partial charge is 0.328 e. The van der Waals surface area contributed by atoms with Gasteiger partial charge in [0.15, 0.2) is 11.6 Å². The minimum absolute atomic E-state index is 0.197. The van der Waals surface area contributed by atoms with E-state index in [1.807, 2.05) is 13.8 Å². The van der Waals surface area contributed by atoms with E-state index < -0.39 is 29.4 Å². The quantitative estimate of drug-likeness (QED) is 0.651. The third-order valence-corrected chi connectivity index (χ3v) is 2.15. The number of ether oxygens (including phenoxy) is 1. The van der Waals surface area contributed by atoms with Crippen LogP contribution in [0.3, 0.4) is 0 Å². The molecular weight excluding hydrogens is 228 g/mol. The number of carbonyl (C=O) groups is 1. The fourth-order valence-electron chi connectivity index (χ4n) is 1.36. The van der Waals surface area contributed by atoms with E-state index in [2.05, 4.69) is 4.74 Å². The van der Waals surface area contributed by atoms with Gasteiger partial charge in [-0.3, -0.25) is 0 Å². The van der Waals surface area contributed by atoms with Crippen molar-refractivity contribution in [1.82, 2.24) is 0 Å². The van der Waals surface area contributed by atoms with Crippen molar-refractivity contribution >= 4 is 5.97 Å². The number of hydrogen-bond donors (Lipinski definition) is 1. The molecule has 0 bridgehead atoms. The summed E-state index contributed by atoms with van der Waals surface area (Å²) in [6.07, 6.45) is 0.398. The van der Waals surface area contributed by atoms with Crippen LogP contribution in [0.1, 0.15) is 20.3 Å². The second-order valence-electron chi connectivity index (χ2n) is 4.21. The largest absolute Gasteiger partial charge is 0.419 e. The van der Waals surface area contributed by atoms with Crippen LogP contribution in [0.2, 0.25) is 0 Å². The lowest BCUT2D eigenvalue weighted by Crippen LogP contribution is -2.35. The first kappa shape index (κ1) is 13.6. The summed E-state index contributed by atoms with van der Waals surface area (Å²) < 4.78 is 31.0. The van der Waals surface area contributed by atoms with Gasteiger partial charge < -0.3 is 10.5 Å². The topological polar surface area (TPSA) is 52.3 Å². The molecule has 0 fully saturated rings. The molecule has 0 aromatic heterocycles. The van der Waals surface area contributed by atoms with Crippen LogP contribution in [0.4, 0.5) is 8.78 Å². The van der Waals surface area contributed by atoms with Gasteiger partial charge in [-0.25, -0.2) is 13.6 Å². The summed E-state index contributed by atoms with van der Waals surface area (Å²) in [6.45, 7) is 3.77. The molecule has 5 heteroatoms. The standard InChI is InChI=1S/C12H15F2NO2/c1-7(2)6-10(15)12(16)17-11-8(13)4-3-5-9(11)14/h3-5,7,10H,6,15H2,1-2H3/t10-/m0/s1. The van der Waals surface area contributed by atoms with E-state index in [4.69, 9.17) is 5.73 Å². The van der Waals surface area contributed by atoms with Crippen LogP contribution in [-0.4, -0.2) is 12.0 Å². The minimum atomic E-state index is -0.921. The number of rotatable bonds is 4. The molecule has 94 valence electrons. The fourth-order valence-corrected chi connectivity index (χ4v) is 1.36. The summed E-state index contributed by atoms with van der Waals surface area (Å²) in [5.74, 6) is -3.17. The molecule has 0 amide bonds. The van der Waals surface area contributed by atoms with Gasteiger partial charge in [-0.05, 0) is 24.5 Å². The fraction of sp³-hybridized carbons (Fsp3) is 0.417. The van der Waals surface area contributed by atoms with Crippen LogP contribution in [0.25, 0.3) is 0 Å². The molecule has 1 rings (SSSR count). The van der Waals surface area contributed by atoms with Crippen LogP contribution in [-0.2, 0) is 4.79 Å². The first-order chi connectivity index (χ1) is 7.91. The Bertz CT molecular complexity index is 387. The van der Waals surface area contributed by atoms with Gasteiger partial charge in [0.2, 0.25) is 5.75 Å². The van der Waals surface area contributed by atoms with E-state index in [0.29, 0.717) is 6.42 Å². The maximum Gasteiger partial charge on any atom is 0.328 e. The molecule has 3 nitrogen and oxygen atoms in total. The second kappa shape index (κ2) is 5.72. The van der Waals surface area contributed by atoms with Crippen molar-refractivity contribution in [1.29, 1.82) is 0 Å². The summed E-state index contributed by atoms with van der Waals surface area (Å²) in [6, 6.07) is 2.34. The lowest BCUT2D eigenvalue weighted by atomic mass is 10.1. The van der Waals surface area contributed by atoms with Crippen molar-refractivity contribution in [2.45, 2.75) is 26.3 Å². The van der Waals surface area contributed by atoms with Crippen molar-refractivity contribution < 1.29 is 18.3 Å². The molecule has 0 saturated carbocycles. The molecule has 0 radical (unpaired) electrons. The van der Waals surface area contributed by atoms with E-state index in [1.54, 1.807) is 0 Å². The molecular formula is C12H15F2NO2. The summed E-state index contributed by atoms with van der Waals surface area (Å²) in [7, 11) is 0. The van der Waals surface area contributed by atoms with Gasteiger partial charge in [0, 0.05) is 0 Å². The van der Waals surface area contributed by atoms with Crippen molar-refractivity contribution in [3.8, 4) is 5.75 Å². The summed E-state index contributed by atoms with van der Waals surface area (Å²) in [5.41, 5.74) is 5.55. The Hall–Kier alpha value is -1.49. The predicted molar refractivity (Wildman–Crippen MR) is 59.4 cm³/mol. The molecule has 0 heterocycles. The molecule has 0 spiro atoms. The molecule has 0 aliphatic heterocycles. The summed E-state index contributed by atoms with van der Waals surface area (Å²) in [5, 5.41) is 0. The highest BCUT2D eigenvalue weighted by Crippen LogP contribution is 2.21. The second-order valence-corrected chi connectivity index (χ2v) is 4.21. The van der Waals surface area contributed by atoms with Gasteiger partial charge in [-0.15, -0.1) is 0 Å². The molecule has 0 aliphatic carbocycles. The van der Waals surface area contributed by atoms with Crippen molar-refractivity contribution in [3.05, 3.63) is 29.8 Å². The number of halogens is 2. The molecule has 2 N–H and O–H groups in total. The summed E-state index contributed by atoms with van der Waals surface area (Å²) >= 11 is 0. The normalized spacial score (nSPS) is 12.6. The Kier molecular flexibility index (Phi) is 4.57. The van der Waals surface area contributed by atoms with E-state index >= 15 is 0 Å². The van der Waals surface area contributed by atoms with E-state index in [-0.39, 0.29) is 5.92 Å². The van der Waals surface area contributed by atoms with Crippen LogP contribution in [0.5, 0.6) is 5.75 Å². The molecule has 17 heavy (non-hydrogen) atoms. The van der Waals surface area contributed by atoms with E-state index in [0.717, 1.165) is 12.1 Å². The Morgan fingerprint density at radius 1 is 1.35 bits per heavy atom.